The van der Waals surface area contributed by atoms with Gasteiger partial charge in [0.2, 0.25) is 0 Å². The lowest BCUT2D eigenvalue weighted by Gasteiger charge is -2.36. The highest BCUT2D eigenvalue weighted by Crippen LogP contribution is 2.36. The lowest BCUT2D eigenvalue weighted by Crippen LogP contribution is -2.48. The van der Waals surface area contributed by atoms with Crippen molar-refractivity contribution in [3.05, 3.63) is 0 Å². The fraction of sp³-hybridized carbons (Fsp3) is 1.00. The lowest BCUT2D eigenvalue weighted by atomic mass is 9.91. The van der Waals surface area contributed by atoms with Crippen LogP contribution in [-0.4, -0.2) is 34.3 Å². The van der Waals surface area contributed by atoms with Crippen LogP contribution in [0.5, 0.6) is 0 Å². The van der Waals surface area contributed by atoms with Gasteiger partial charge in [0.25, 0.3) is 0 Å². The summed E-state index contributed by atoms with van der Waals surface area (Å²) in [5.41, 5.74) is 0. The molecule has 1 spiro atoms. The van der Waals surface area contributed by atoms with Crippen molar-refractivity contribution in [2.24, 2.45) is 0 Å². The minimum absolute atomic E-state index is 0.199. The Kier molecular flexibility index (Phi) is 4.05. The topological polar surface area (TPSA) is 53.5 Å². The van der Waals surface area contributed by atoms with E-state index in [1.54, 1.807) is 0 Å². The summed E-state index contributed by atoms with van der Waals surface area (Å²) in [6, 6.07) is 0.327. The van der Waals surface area contributed by atoms with Gasteiger partial charge in [-0.25, -0.2) is 0 Å². The van der Waals surface area contributed by atoms with E-state index >= 15 is 0 Å². The van der Waals surface area contributed by atoms with E-state index in [2.05, 4.69) is 4.72 Å². The van der Waals surface area contributed by atoms with Crippen LogP contribution in [0.2, 0.25) is 0 Å². The van der Waals surface area contributed by atoms with E-state index in [0.29, 0.717) is 19.3 Å². The maximum absolute atomic E-state index is 12.0. The van der Waals surface area contributed by atoms with Crippen molar-refractivity contribution in [2.75, 3.05) is 13.2 Å². The predicted molar refractivity (Wildman–Crippen MR) is 67.9 cm³/mol. The first kappa shape index (κ1) is 13.6. The molecule has 2 fully saturated rings. The summed E-state index contributed by atoms with van der Waals surface area (Å²) in [7, 11) is 0. The third-order valence-electron chi connectivity index (χ3n) is 3.39. The van der Waals surface area contributed by atoms with Gasteiger partial charge in [-0.2, -0.15) is 0 Å². The fourth-order valence-electron chi connectivity index (χ4n) is 2.29. The zero-order valence-electron chi connectivity index (χ0n) is 11.0. The first-order valence-corrected chi connectivity index (χ1v) is 7.52. The zero-order chi connectivity index (χ0) is 12.5. The van der Waals surface area contributed by atoms with E-state index in [4.69, 9.17) is 9.47 Å². The largest absolute Gasteiger partial charge is 0.598 e. The second-order valence-corrected chi connectivity index (χ2v) is 7.88. The summed E-state index contributed by atoms with van der Waals surface area (Å²) in [6.07, 6.45) is 3.77. The van der Waals surface area contributed by atoms with Crippen LogP contribution in [0.3, 0.4) is 0 Å². The lowest BCUT2D eigenvalue weighted by molar-refractivity contribution is -0.178. The van der Waals surface area contributed by atoms with Gasteiger partial charge in [-0.05, 0) is 33.6 Å². The second-order valence-electron chi connectivity index (χ2n) is 5.88. The van der Waals surface area contributed by atoms with Crippen molar-refractivity contribution in [1.29, 1.82) is 0 Å². The van der Waals surface area contributed by atoms with Crippen molar-refractivity contribution in [1.82, 2.24) is 4.72 Å². The van der Waals surface area contributed by atoms with Gasteiger partial charge in [0.15, 0.2) is 5.79 Å². The minimum Gasteiger partial charge on any atom is -0.598 e. The van der Waals surface area contributed by atoms with Gasteiger partial charge in [-0.1, -0.05) is 0 Å². The third kappa shape index (κ3) is 3.35. The summed E-state index contributed by atoms with van der Waals surface area (Å²) in [5, 5.41) is 0. The average Bonchev–Trinajstić information content (AvgIpc) is 2.69. The Bertz CT molecular complexity index is 251. The molecule has 17 heavy (non-hydrogen) atoms. The molecule has 1 aliphatic heterocycles. The van der Waals surface area contributed by atoms with Crippen LogP contribution in [0, 0.1) is 0 Å². The van der Waals surface area contributed by atoms with Gasteiger partial charge in [0, 0.05) is 24.2 Å². The van der Waals surface area contributed by atoms with Crippen molar-refractivity contribution < 1.29 is 14.0 Å². The smallest absolute Gasteiger partial charge is 0.168 e. The Morgan fingerprint density at radius 1 is 1.18 bits per heavy atom. The third-order valence-corrected chi connectivity index (χ3v) is 5.05. The van der Waals surface area contributed by atoms with Gasteiger partial charge in [-0.15, -0.1) is 4.72 Å². The molecule has 0 aromatic carbocycles. The van der Waals surface area contributed by atoms with Crippen LogP contribution in [0.25, 0.3) is 0 Å². The van der Waals surface area contributed by atoms with E-state index in [0.717, 1.165) is 25.7 Å². The highest BCUT2D eigenvalue weighted by atomic mass is 32.2. The molecule has 0 radical (unpaired) electrons. The molecule has 5 heteroatoms. The maximum atomic E-state index is 12.0. The van der Waals surface area contributed by atoms with E-state index in [-0.39, 0.29) is 10.5 Å². The number of hydrogen-bond donors (Lipinski definition) is 1. The van der Waals surface area contributed by atoms with Crippen LogP contribution in [-0.2, 0) is 20.8 Å². The fourth-order valence-corrected chi connectivity index (χ4v) is 3.18. The maximum Gasteiger partial charge on any atom is 0.168 e. The molecule has 0 aromatic rings. The first-order valence-electron chi connectivity index (χ1n) is 6.37. The predicted octanol–water partition coefficient (Wildman–Crippen LogP) is 1.72. The monoisotopic (exact) mass is 261 g/mol. The van der Waals surface area contributed by atoms with E-state index < -0.39 is 11.4 Å². The van der Waals surface area contributed by atoms with E-state index in [9.17, 15) is 4.55 Å². The van der Waals surface area contributed by atoms with E-state index in [1.807, 2.05) is 20.8 Å². The van der Waals surface area contributed by atoms with Crippen LogP contribution in [0.1, 0.15) is 46.5 Å². The quantitative estimate of drug-likeness (QED) is 0.769. The Hall–Kier alpha value is 0.190. The van der Waals surface area contributed by atoms with Gasteiger partial charge < -0.3 is 14.0 Å². The SMILES string of the molecule is CC(C)(C)[S+]([O-])NC1CCC2(CC1)OCCO2. The molecule has 2 aliphatic rings. The molecular weight excluding hydrogens is 238 g/mol. The van der Waals surface area contributed by atoms with Crippen molar-refractivity contribution in [3.8, 4) is 0 Å². The summed E-state index contributed by atoms with van der Waals surface area (Å²) >= 11 is -0.980. The first-order chi connectivity index (χ1) is 7.91. The van der Waals surface area contributed by atoms with Gasteiger partial charge >= 0.3 is 0 Å². The van der Waals surface area contributed by atoms with Gasteiger partial charge in [-0.3, -0.25) is 0 Å². The molecule has 0 amide bonds. The Morgan fingerprint density at radius 2 is 1.71 bits per heavy atom. The van der Waals surface area contributed by atoms with Crippen LogP contribution < -0.4 is 4.72 Å². The Labute approximate surface area is 107 Å². The molecule has 0 aromatic heterocycles. The molecule has 100 valence electrons. The van der Waals surface area contributed by atoms with Crippen LogP contribution >= 0.6 is 0 Å². The molecule has 1 heterocycles. The molecule has 1 N–H and O–H groups in total. The molecular formula is C12H23NO3S. The normalized spacial score (nSPS) is 27.5. The Morgan fingerprint density at radius 3 is 2.18 bits per heavy atom. The highest BCUT2D eigenvalue weighted by Gasteiger charge is 2.41. The molecule has 1 saturated carbocycles. The van der Waals surface area contributed by atoms with Crippen molar-refractivity contribution >= 4 is 11.4 Å². The van der Waals surface area contributed by atoms with Gasteiger partial charge in [0.1, 0.15) is 4.75 Å². The minimum atomic E-state index is -0.980. The molecule has 0 bridgehead atoms. The van der Waals surface area contributed by atoms with E-state index in [1.165, 1.54) is 0 Å². The molecule has 4 nitrogen and oxygen atoms in total. The molecule has 1 aliphatic carbocycles. The van der Waals surface area contributed by atoms with Crippen molar-refractivity contribution in [3.63, 3.8) is 0 Å². The average molecular weight is 261 g/mol. The van der Waals surface area contributed by atoms with Gasteiger partial charge in [0.05, 0.1) is 19.3 Å². The number of hydrogen-bond acceptors (Lipinski definition) is 4. The summed E-state index contributed by atoms with van der Waals surface area (Å²) in [4.78, 5) is 0. The number of ether oxygens (including phenoxy) is 2. The van der Waals surface area contributed by atoms with Crippen LogP contribution in [0.4, 0.5) is 0 Å². The summed E-state index contributed by atoms with van der Waals surface area (Å²) < 4.78 is 26.4. The number of rotatable bonds is 2. The number of nitrogens with one attached hydrogen (secondary N) is 1. The summed E-state index contributed by atoms with van der Waals surface area (Å²) in [5.74, 6) is -0.318. The molecule has 1 saturated heterocycles. The second kappa shape index (κ2) is 5.05. The Balaban J connectivity index is 1.79. The molecule has 1 atom stereocenters. The molecule has 2 rings (SSSR count). The van der Waals surface area contributed by atoms with Crippen LogP contribution in [0.15, 0.2) is 0 Å². The van der Waals surface area contributed by atoms with Crippen molar-refractivity contribution in [2.45, 2.75) is 63.0 Å². The molecule has 1 unspecified atom stereocenters. The standard InChI is InChI=1S/C12H23NO3S/c1-11(2,3)17(14)13-10-4-6-12(7-5-10)15-8-9-16-12/h10,13H,4-9H2,1-3H3. The highest BCUT2D eigenvalue weighted by molar-refractivity contribution is 7.90. The zero-order valence-corrected chi connectivity index (χ0v) is 11.8. The summed E-state index contributed by atoms with van der Waals surface area (Å²) in [6.45, 7) is 7.40.